The number of nitro groups is 1. The summed E-state index contributed by atoms with van der Waals surface area (Å²) in [5, 5.41) is 15.0. The molecule has 26 heavy (non-hydrogen) atoms. The average molecular weight is 358 g/mol. The van der Waals surface area contributed by atoms with E-state index in [1.165, 1.54) is 22.9 Å². The predicted molar refractivity (Wildman–Crippen MR) is 90.2 cm³/mol. The first-order valence-electron chi connectivity index (χ1n) is 8.14. The van der Waals surface area contributed by atoms with Gasteiger partial charge in [-0.25, -0.2) is 9.48 Å². The molecule has 2 aromatic rings. The maximum absolute atomic E-state index is 13.2. The van der Waals surface area contributed by atoms with Crippen molar-refractivity contribution < 1.29 is 19.2 Å². The van der Waals surface area contributed by atoms with Crippen molar-refractivity contribution in [3.05, 3.63) is 58.4 Å². The predicted octanol–water partition coefficient (Wildman–Crippen LogP) is 1.54. The Morgan fingerprint density at radius 1 is 1.35 bits per heavy atom. The molecule has 1 aliphatic heterocycles. The lowest BCUT2D eigenvalue weighted by atomic mass is 10.1. The maximum Gasteiger partial charge on any atom is 0.328 e. The largest absolute Gasteiger partial charge is 0.467 e. The molecule has 1 aromatic heterocycles. The van der Waals surface area contributed by atoms with Crippen molar-refractivity contribution >= 4 is 17.6 Å². The third-order valence-corrected chi connectivity index (χ3v) is 4.42. The van der Waals surface area contributed by atoms with Gasteiger partial charge in [0.2, 0.25) is 0 Å². The van der Waals surface area contributed by atoms with Crippen LogP contribution < -0.4 is 0 Å². The lowest BCUT2D eigenvalue weighted by Crippen LogP contribution is -2.45. The molecule has 0 bridgehead atoms. The monoisotopic (exact) mass is 358 g/mol. The molecule has 0 spiro atoms. The van der Waals surface area contributed by atoms with Crippen molar-refractivity contribution in [3.8, 4) is 0 Å². The number of hydrogen-bond acceptors (Lipinski definition) is 6. The maximum atomic E-state index is 13.2. The Morgan fingerprint density at radius 3 is 2.69 bits per heavy atom. The van der Waals surface area contributed by atoms with Crippen LogP contribution in [0, 0.1) is 10.1 Å². The highest BCUT2D eigenvalue weighted by Gasteiger charge is 2.39. The Hall–Kier alpha value is -3.23. The molecule has 9 nitrogen and oxygen atoms in total. The van der Waals surface area contributed by atoms with Crippen molar-refractivity contribution in [2.75, 3.05) is 13.7 Å². The first-order chi connectivity index (χ1) is 12.5. The van der Waals surface area contributed by atoms with E-state index in [0.29, 0.717) is 24.9 Å². The fraction of sp³-hybridized carbons (Fsp3) is 0.353. The second-order valence-electron chi connectivity index (χ2n) is 5.96. The Labute approximate surface area is 149 Å². The summed E-state index contributed by atoms with van der Waals surface area (Å²) >= 11 is 0. The average Bonchev–Trinajstić information content (AvgIpc) is 3.32. The normalized spacial score (nSPS) is 17.7. The molecular formula is C17H18N4O5. The standard InChI is InChI=1S/C17H18N4O5/c1-26-17(23)14-8-5-9-19(14)16(22)15(12-6-3-2-4-7-12)20-11-13(10-18-20)21(24)25/h2-4,6-7,10-11,14-15H,5,8-9H2,1H3. The van der Waals surface area contributed by atoms with Gasteiger partial charge in [-0.15, -0.1) is 0 Å². The van der Waals surface area contributed by atoms with Gasteiger partial charge in [0.15, 0.2) is 6.04 Å². The number of benzene rings is 1. The van der Waals surface area contributed by atoms with E-state index in [1.54, 1.807) is 24.3 Å². The van der Waals surface area contributed by atoms with Crippen molar-refractivity contribution in [3.63, 3.8) is 0 Å². The van der Waals surface area contributed by atoms with E-state index >= 15 is 0 Å². The number of carbonyl (C=O) groups is 2. The van der Waals surface area contributed by atoms with E-state index in [9.17, 15) is 19.7 Å². The van der Waals surface area contributed by atoms with Gasteiger partial charge in [0, 0.05) is 6.54 Å². The minimum atomic E-state index is -0.893. The molecule has 1 amide bonds. The Kier molecular flexibility index (Phi) is 4.97. The van der Waals surface area contributed by atoms with E-state index in [-0.39, 0.29) is 11.6 Å². The van der Waals surface area contributed by atoms with Crippen LogP contribution in [0.4, 0.5) is 5.69 Å². The summed E-state index contributed by atoms with van der Waals surface area (Å²) in [7, 11) is 1.29. The highest BCUT2D eigenvalue weighted by atomic mass is 16.6. The Bertz CT molecular complexity index is 820. The summed E-state index contributed by atoms with van der Waals surface area (Å²) < 4.78 is 6.06. The smallest absolute Gasteiger partial charge is 0.328 e. The van der Waals surface area contributed by atoms with Crippen LogP contribution in [0.15, 0.2) is 42.7 Å². The number of carbonyl (C=O) groups excluding carboxylic acids is 2. The number of likely N-dealkylation sites (tertiary alicyclic amines) is 1. The summed E-state index contributed by atoms with van der Waals surface area (Å²) in [5.41, 5.74) is 0.427. The van der Waals surface area contributed by atoms with Crippen molar-refractivity contribution in [1.29, 1.82) is 0 Å². The summed E-state index contributed by atoms with van der Waals surface area (Å²) in [4.78, 5) is 37.1. The molecule has 2 heterocycles. The highest BCUT2D eigenvalue weighted by molar-refractivity contribution is 5.89. The van der Waals surface area contributed by atoms with Gasteiger partial charge >= 0.3 is 11.7 Å². The van der Waals surface area contributed by atoms with Gasteiger partial charge < -0.3 is 9.64 Å². The summed E-state index contributed by atoms with van der Waals surface area (Å²) in [6.07, 6.45) is 3.54. The van der Waals surface area contributed by atoms with Gasteiger partial charge in [0.1, 0.15) is 18.4 Å². The molecule has 9 heteroatoms. The molecular weight excluding hydrogens is 340 g/mol. The molecule has 1 fully saturated rings. The van der Waals surface area contributed by atoms with Crippen molar-refractivity contribution in [2.24, 2.45) is 0 Å². The van der Waals surface area contributed by atoms with E-state index < -0.39 is 23.0 Å². The molecule has 0 radical (unpaired) electrons. The van der Waals surface area contributed by atoms with Crippen LogP contribution in [0.25, 0.3) is 0 Å². The summed E-state index contributed by atoms with van der Waals surface area (Å²) in [5.74, 6) is -0.809. The second-order valence-corrected chi connectivity index (χ2v) is 5.96. The van der Waals surface area contributed by atoms with E-state index in [0.717, 1.165) is 6.20 Å². The van der Waals surface area contributed by atoms with Crippen LogP contribution >= 0.6 is 0 Å². The van der Waals surface area contributed by atoms with Crippen molar-refractivity contribution in [2.45, 2.75) is 24.9 Å². The third-order valence-electron chi connectivity index (χ3n) is 4.42. The van der Waals surface area contributed by atoms with Gasteiger partial charge in [-0.3, -0.25) is 14.9 Å². The molecule has 0 N–H and O–H groups in total. The second kappa shape index (κ2) is 7.34. The number of ether oxygens (including phenoxy) is 1. The molecule has 3 rings (SSSR count). The fourth-order valence-electron chi connectivity index (χ4n) is 3.18. The third kappa shape index (κ3) is 3.28. The Balaban J connectivity index is 1.99. The van der Waals surface area contributed by atoms with Gasteiger partial charge in [0.05, 0.1) is 12.0 Å². The molecule has 2 unspecified atom stereocenters. The zero-order valence-electron chi connectivity index (χ0n) is 14.1. The number of amides is 1. The van der Waals surface area contributed by atoms with Crippen LogP contribution in [0.1, 0.15) is 24.4 Å². The topological polar surface area (TPSA) is 108 Å². The first kappa shape index (κ1) is 17.6. The van der Waals surface area contributed by atoms with Gasteiger partial charge in [0.25, 0.3) is 5.91 Å². The minimum Gasteiger partial charge on any atom is -0.467 e. The first-order valence-corrected chi connectivity index (χ1v) is 8.14. The number of rotatable bonds is 5. The molecule has 136 valence electrons. The van der Waals surface area contributed by atoms with E-state index in [4.69, 9.17) is 4.74 Å². The van der Waals surface area contributed by atoms with Gasteiger partial charge in [-0.1, -0.05) is 30.3 Å². The highest BCUT2D eigenvalue weighted by Crippen LogP contribution is 2.27. The zero-order chi connectivity index (χ0) is 18.7. The number of nitrogens with zero attached hydrogens (tertiary/aromatic N) is 4. The van der Waals surface area contributed by atoms with Gasteiger partial charge in [-0.2, -0.15) is 5.10 Å². The van der Waals surface area contributed by atoms with Crippen LogP contribution in [-0.2, 0) is 14.3 Å². The molecule has 1 saturated heterocycles. The molecule has 0 saturated carbocycles. The number of hydrogen-bond donors (Lipinski definition) is 0. The number of esters is 1. The Morgan fingerprint density at radius 2 is 2.08 bits per heavy atom. The molecule has 1 aliphatic rings. The molecule has 2 atom stereocenters. The van der Waals surface area contributed by atoms with Crippen molar-refractivity contribution in [1.82, 2.24) is 14.7 Å². The zero-order valence-corrected chi connectivity index (χ0v) is 14.1. The van der Waals surface area contributed by atoms with Gasteiger partial charge in [-0.05, 0) is 18.4 Å². The number of aromatic nitrogens is 2. The van der Waals surface area contributed by atoms with Crippen LogP contribution in [0.5, 0.6) is 0 Å². The van der Waals surface area contributed by atoms with Crippen LogP contribution in [-0.4, -0.2) is 51.2 Å². The lowest BCUT2D eigenvalue weighted by Gasteiger charge is -2.27. The summed E-state index contributed by atoms with van der Waals surface area (Å²) in [6, 6.07) is 7.31. The van der Waals surface area contributed by atoms with Crippen LogP contribution in [0.2, 0.25) is 0 Å². The lowest BCUT2D eigenvalue weighted by molar-refractivity contribution is -0.385. The molecule has 1 aromatic carbocycles. The van der Waals surface area contributed by atoms with E-state index in [1.807, 2.05) is 6.07 Å². The quantitative estimate of drug-likeness (QED) is 0.456. The summed E-state index contributed by atoms with van der Waals surface area (Å²) in [6.45, 7) is 0.422. The SMILES string of the molecule is COC(=O)C1CCCN1C(=O)C(c1ccccc1)n1cc([N+](=O)[O-])cn1. The molecule has 0 aliphatic carbocycles. The fourth-order valence-corrected chi connectivity index (χ4v) is 3.18. The van der Waals surface area contributed by atoms with E-state index in [2.05, 4.69) is 5.10 Å². The number of methoxy groups -OCH3 is 1. The van der Waals surface area contributed by atoms with Crippen LogP contribution in [0.3, 0.4) is 0 Å². The minimum absolute atomic E-state index is 0.204.